The molecule has 0 radical (unpaired) electrons. The molecule has 5 heteroatoms. The van der Waals surface area contributed by atoms with Crippen LogP contribution in [0.2, 0.25) is 0 Å². The summed E-state index contributed by atoms with van der Waals surface area (Å²) in [6.45, 7) is 8.05. The molecule has 1 rings (SSSR count). The minimum atomic E-state index is -0.0643. The van der Waals surface area contributed by atoms with Gasteiger partial charge in [0.1, 0.15) is 0 Å². The zero-order chi connectivity index (χ0) is 13.1. The molecule has 0 aliphatic heterocycles. The smallest absolute Gasteiger partial charge is 0.256 e. The third kappa shape index (κ3) is 3.56. The third-order valence-corrected chi connectivity index (χ3v) is 2.77. The van der Waals surface area contributed by atoms with Crippen molar-refractivity contribution in [1.29, 1.82) is 0 Å². The molecule has 1 aromatic heterocycles. The third-order valence-electron chi connectivity index (χ3n) is 2.77. The van der Waals surface area contributed by atoms with E-state index in [-0.39, 0.29) is 11.3 Å². The van der Waals surface area contributed by atoms with Gasteiger partial charge < -0.3 is 10.6 Å². The average Bonchev–Trinajstić information content (AvgIpc) is 2.76. The number of aryl methyl sites for hydroxylation is 1. The maximum atomic E-state index is 12.1. The number of hydrogen-bond donors (Lipinski definition) is 1. The second-order valence-corrected chi connectivity index (χ2v) is 5.11. The van der Waals surface area contributed by atoms with Gasteiger partial charge in [-0.1, -0.05) is 13.8 Å². The summed E-state index contributed by atoms with van der Waals surface area (Å²) in [7, 11) is 1.79. The number of carbonyl (C=O) groups is 1. The van der Waals surface area contributed by atoms with Gasteiger partial charge in [-0.05, 0) is 18.9 Å². The molecule has 0 aliphatic carbocycles. The fourth-order valence-corrected chi connectivity index (χ4v) is 1.65. The topological polar surface area (TPSA) is 64.2 Å². The lowest BCUT2D eigenvalue weighted by atomic mass is 9.93. The zero-order valence-electron chi connectivity index (χ0n) is 11.1. The fraction of sp³-hybridized carbons (Fsp3) is 0.667. The predicted molar refractivity (Wildman–Crippen MR) is 67.7 cm³/mol. The molecule has 1 heterocycles. The molecule has 5 nitrogen and oxygen atoms in total. The van der Waals surface area contributed by atoms with Crippen molar-refractivity contribution in [3.05, 3.63) is 18.0 Å². The first-order chi connectivity index (χ1) is 7.89. The van der Waals surface area contributed by atoms with Crippen LogP contribution in [-0.4, -0.2) is 40.7 Å². The highest BCUT2D eigenvalue weighted by atomic mass is 16.2. The molecular weight excluding hydrogens is 216 g/mol. The Kier molecular flexibility index (Phi) is 4.28. The van der Waals surface area contributed by atoms with Crippen molar-refractivity contribution < 1.29 is 4.79 Å². The van der Waals surface area contributed by atoms with E-state index in [1.807, 2.05) is 20.8 Å². The molecular formula is C12H22N4O. The Labute approximate surface area is 103 Å². The summed E-state index contributed by atoms with van der Waals surface area (Å²) < 4.78 is 1.75. The van der Waals surface area contributed by atoms with E-state index >= 15 is 0 Å². The largest absolute Gasteiger partial charge is 0.341 e. The van der Waals surface area contributed by atoms with Gasteiger partial charge in [0, 0.05) is 26.3 Å². The fourth-order valence-electron chi connectivity index (χ4n) is 1.65. The van der Waals surface area contributed by atoms with Crippen molar-refractivity contribution in [2.24, 2.45) is 11.1 Å². The van der Waals surface area contributed by atoms with E-state index in [0.29, 0.717) is 18.7 Å². The molecule has 0 saturated carbocycles. The molecule has 0 atom stereocenters. The monoisotopic (exact) mass is 238 g/mol. The molecule has 0 saturated heterocycles. The van der Waals surface area contributed by atoms with Gasteiger partial charge in [-0.2, -0.15) is 5.10 Å². The van der Waals surface area contributed by atoms with Crippen LogP contribution in [0, 0.1) is 5.41 Å². The maximum Gasteiger partial charge on any atom is 0.256 e. The van der Waals surface area contributed by atoms with E-state index in [1.165, 1.54) is 0 Å². The first-order valence-corrected chi connectivity index (χ1v) is 5.87. The van der Waals surface area contributed by atoms with Gasteiger partial charge in [0.2, 0.25) is 0 Å². The van der Waals surface area contributed by atoms with Crippen LogP contribution in [0.5, 0.6) is 0 Å². The normalized spacial score (nSPS) is 11.6. The molecule has 96 valence electrons. The summed E-state index contributed by atoms with van der Waals surface area (Å²) in [6.07, 6.45) is 3.38. The van der Waals surface area contributed by atoms with Gasteiger partial charge in [0.05, 0.1) is 11.8 Å². The van der Waals surface area contributed by atoms with Crippen molar-refractivity contribution in [1.82, 2.24) is 14.7 Å². The molecule has 0 spiro atoms. The highest BCUT2D eigenvalue weighted by molar-refractivity contribution is 5.93. The lowest BCUT2D eigenvalue weighted by Crippen LogP contribution is -2.39. The van der Waals surface area contributed by atoms with E-state index < -0.39 is 0 Å². The predicted octanol–water partition coefficient (Wildman–Crippen LogP) is 0.960. The first-order valence-electron chi connectivity index (χ1n) is 5.87. The highest BCUT2D eigenvalue weighted by Crippen LogP contribution is 2.15. The summed E-state index contributed by atoms with van der Waals surface area (Å²) in [4.78, 5) is 13.8. The summed E-state index contributed by atoms with van der Waals surface area (Å²) in [5, 5.41) is 4.10. The van der Waals surface area contributed by atoms with Gasteiger partial charge in [-0.15, -0.1) is 0 Å². The molecule has 1 aromatic rings. The minimum Gasteiger partial charge on any atom is -0.341 e. The SMILES string of the molecule is CCn1cc(C(=O)N(C)CC(C)(C)CN)cn1. The van der Waals surface area contributed by atoms with Gasteiger partial charge >= 0.3 is 0 Å². The second kappa shape index (κ2) is 5.31. The number of amides is 1. The highest BCUT2D eigenvalue weighted by Gasteiger charge is 2.22. The number of nitrogens with two attached hydrogens (primary N) is 1. The Morgan fingerprint density at radius 2 is 2.24 bits per heavy atom. The molecule has 0 aliphatic rings. The molecule has 0 bridgehead atoms. The van der Waals surface area contributed by atoms with E-state index in [4.69, 9.17) is 5.73 Å². The lowest BCUT2D eigenvalue weighted by molar-refractivity contribution is 0.0740. The van der Waals surface area contributed by atoms with Crippen LogP contribution >= 0.6 is 0 Å². The summed E-state index contributed by atoms with van der Waals surface area (Å²) in [5.41, 5.74) is 6.23. The number of aromatic nitrogens is 2. The van der Waals surface area contributed by atoms with Crippen molar-refractivity contribution in [3.63, 3.8) is 0 Å². The number of carbonyl (C=O) groups excluding carboxylic acids is 1. The Hall–Kier alpha value is -1.36. The number of rotatable bonds is 5. The number of nitrogens with zero attached hydrogens (tertiary/aromatic N) is 3. The Balaban J connectivity index is 2.69. The van der Waals surface area contributed by atoms with Crippen molar-refractivity contribution >= 4 is 5.91 Å². The zero-order valence-corrected chi connectivity index (χ0v) is 11.1. The van der Waals surface area contributed by atoms with Crippen molar-refractivity contribution in [3.8, 4) is 0 Å². The van der Waals surface area contributed by atoms with Crippen LogP contribution in [0.15, 0.2) is 12.4 Å². The van der Waals surface area contributed by atoms with E-state index in [0.717, 1.165) is 6.54 Å². The van der Waals surface area contributed by atoms with Crippen LogP contribution < -0.4 is 5.73 Å². The molecule has 1 amide bonds. The Bertz CT molecular complexity index is 384. The van der Waals surface area contributed by atoms with Crippen LogP contribution in [0.3, 0.4) is 0 Å². The van der Waals surface area contributed by atoms with Crippen LogP contribution in [-0.2, 0) is 6.54 Å². The van der Waals surface area contributed by atoms with E-state index in [1.54, 1.807) is 29.0 Å². The summed E-state index contributed by atoms with van der Waals surface area (Å²) in [5.74, 6) is -0.00812. The molecule has 2 N–H and O–H groups in total. The van der Waals surface area contributed by atoms with Gasteiger partial charge in [0.15, 0.2) is 0 Å². The van der Waals surface area contributed by atoms with Crippen LogP contribution in [0.1, 0.15) is 31.1 Å². The van der Waals surface area contributed by atoms with E-state index in [9.17, 15) is 4.79 Å². The Morgan fingerprint density at radius 1 is 1.59 bits per heavy atom. The molecule has 17 heavy (non-hydrogen) atoms. The van der Waals surface area contributed by atoms with Crippen molar-refractivity contribution in [2.45, 2.75) is 27.3 Å². The standard InChI is InChI=1S/C12H22N4O/c1-5-16-7-10(6-14-16)11(17)15(4)9-12(2,3)8-13/h6-7H,5,8-9,13H2,1-4H3. The van der Waals surface area contributed by atoms with Gasteiger partial charge in [0.25, 0.3) is 5.91 Å². The molecule has 0 unspecified atom stereocenters. The first kappa shape index (κ1) is 13.7. The van der Waals surface area contributed by atoms with Crippen molar-refractivity contribution in [2.75, 3.05) is 20.1 Å². The lowest BCUT2D eigenvalue weighted by Gasteiger charge is -2.28. The molecule has 0 fully saturated rings. The maximum absolute atomic E-state index is 12.1. The summed E-state index contributed by atoms with van der Waals surface area (Å²) in [6, 6.07) is 0. The summed E-state index contributed by atoms with van der Waals surface area (Å²) >= 11 is 0. The number of hydrogen-bond acceptors (Lipinski definition) is 3. The van der Waals surface area contributed by atoms with Crippen LogP contribution in [0.4, 0.5) is 0 Å². The Morgan fingerprint density at radius 3 is 2.71 bits per heavy atom. The van der Waals surface area contributed by atoms with Crippen LogP contribution in [0.25, 0.3) is 0 Å². The minimum absolute atomic E-state index is 0.00812. The van der Waals surface area contributed by atoms with Gasteiger partial charge in [-0.25, -0.2) is 0 Å². The molecule has 0 aromatic carbocycles. The quantitative estimate of drug-likeness (QED) is 0.831. The van der Waals surface area contributed by atoms with E-state index in [2.05, 4.69) is 5.10 Å². The second-order valence-electron chi connectivity index (χ2n) is 5.11. The van der Waals surface area contributed by atoms with Gasteiger partial charge in [-0.3, -0.25) is 9.48 Å². The average molecular weight is 238 g/mol.